The minimum absolute atomic E-state index is 0.271. The van der Waals surface area contributed by atoms with Gasteiger partial charge in [0, 0.05) is 11.1 Å². The van der Waals surface area contributed by atoms with Crippen LogP contribution in [-0.2, 0) is 5.41 Å². The predicted octanol–water partition coefficient (Wildman–Crippen LogP) is 5.53. The zero-order chi connectivity index (χ0) is 14.1. The van der Waals surface area contributed by atoms with Crippen LogP contribution in [0, 0.1) is 6.92 Å². The molecule has 1 unspecified atom stereocenters. The summed E-state index contributed by atoms with van der Waals surface area (Å²) in [5, 5.41) is 7.66. The van der Waals surface area contributed by atoms with Crippen LogP contribution in [0.25, 0.3) is 0 Å². The number of aryl methyl sites for hydroxylation is 1. The van der Waals surface area contributed by atoms with Crippen LogP contribution in [0.3, 0.4) is 0 Å². The minimum Gasteiger partial charge on any atom is -0.283 e. The summed E-state index contributed by atoms with van der Waals surface area (Å²) >= 11 is 0. The summed E-state index contributed by atoms with van der Waals surface area (Å²) in [5.74, 6) is 0. The number of aromatic nitrogens is 2. The molecule has 0 saturated heterocycles. The SMILES string of the molecule is CCCCCCC(C)(CCCCC)c1cc(C)[nH]n1. The van der Waals surface area contributed by atoms with Crippen molar-refractivity contribution < 1.29 is 0 Å². The Balaban J connectivity index is 2.60. The summed E-state index contributed by atoms with van der Waals surface area (Å²) in [5.41, 5.74) is 2.73. The van der Waals surface area contributed by atoms with Crippen molar-refractivity contribution in [1.82, 2.24) is 10.2 Å². The molecule has 1 N–H and O–H groups in total. The Hall–Kier alpha value is -0.790. The second-order valence-electron chi connectivity index (χ2n) is 6.26. The molecule has 0 radical (unpaired) electrons. The van der Waals surface area contributed by atoms with Gasteiger partial charge in [0.05, 0.1) is 5.69 Å². The van der Waals surface area contributed by atoms with Crippen LogP contribution in [0.15, 0.2) is 6.07 Å². The van der Waals surface area contributed by atoms with Crippen LogP contribution >= 0.6 is 0 Å². The monoisotopic (exact) mass is 264 g/mol. The Kier molecular flexibility index (Phi) is 7.19. The van der Waals surface area contributed by atoms with Gasteiger partial charge in [-0.05, 0) is 25.8 Å². The van der Waals surface area contributed by atoms with Crippen LogP contribution in [-0.4, -0.2) is 10.2 Å². The van der Waals surface area contributed by atoms with Gasteiger partial charge in [-0.2, -0.15) is 5.10 Å². The number of rotatable bonds is 10. The van der Waals surface area contributed by atoms with Crippen LogP contribution in [0.4, 0.5) is 0 Å². The van der Waals surface area contributed by atoms with Gasteiger partial charge >= 0.3 is 0 Å². The molecule has 2 nitrogen and oxygen atoms in total. The third-order valence-corrected chi connectivity index (χ3v) is 4.24. The van der Waals surface area contributed by atoms with Gasteiger partial charge in [-0.3, -0.25) is 5.10 Å². The van der Waals surface area contributed by atoms with E-state index in [2.05, 4.69) is 44.0 Å². The van der Waals surface area contributed by atoms with Crippen LogP contribution in [0.1, 0.15) is 89.9 Å². The molecule has 1 heterocycles. The topological polar surface area (TPSA) is 28.7 Å². The van der Waals surface area contributed by atoms with Crippen LogP contribution in [0.2, 0.25) is 0 Å². The maximum Gasteiger partial charge on any atom is 0.0683 e. The molecule has 1 aromatic rings. The Bertz CT molecular complexity index is 343. The van der Waals surface area contributed by atoms with E-state index in [9.17, 15) is 0 Å². The lowest BCUT2D eigenvalue weighted by Gasteiger charge is -2.28. The van der Waals surface area contributed by atoms with Crippen molar-refractivity contribution in [3.63, 3.8) is 0 Å². The van der Waals surface area contributed by atoms with E-state index in [4.69, 9.17) is 0 Å². The van der Waals surface area contributed by atoms with Gasteiger partial charge in [-0.1, -0.05) is 65.7 Å². The number of hydrogen-bond acceptors (Lipinski definition) is 1. The van der Waals surface area contributed by atoms with Crippen molar-refractivity contribution in [3.05, 3.63) is 17.5 Å². The quantitative estimate of drug-likeness (QED) is 0.553. The zero-order valence-electron chi connectivity index (χ0n) is 13.4. The molecule has 1 aromatic heterocycles. The molecule has 0 aromatic carbocycles. The van der Waals surface area contributed by atoms with E-state index >= 15 is 0 Å². The molecule has 0 bridgehead atoms. The van der Waals surface area contributed by atoms with Crippen molar-refractivity contribution >= 4 is 0 Å². The van der Waals surface area contributed by atoms with E-state index in [0.717, 1.165) is 0 Å². The molecule has 0 fully saturated rings. The Morgan fingerprint density at radius 1 is 1.00 bits per heavy atom. The first-order chi connectivity index (χ1) is 9.12. The van der Waals surface area contributed by atoms with E-state index in [1.54, 1.807) is 0 Å². The van der Waals surface area contributed by atoms with Crippen molar-refractivity contribution in [2.45, 2.75) is 90.9 Å². The normalized spacial score (nSPS) is 14.5. The van der Waals surface area contributed by atoms with Crippen molar-refractivity contribution in [2.75, 3.05) is 0 Å². The highest BCUT2D eigenvalue weighted by atomic mass is 15.1. The molecule has 0 aliphatic heterocycles. The standard InChI is InChI=1S/C17H32N2/c1-5-7-9-11-13-17(4,12-10-8-6-2)16-14-15(3)18-19-16/h14H,5-13H2,1-4H3,(H,18,19). The van der Waals surface area contributed by atoms with Crippen LogP contribution < -0.4 is 0 Å². The summed E-state index contributed by atoms with van der Waals surface area (Å²) < 4.78 is 0. The summed E-state index contributed by atoms with van der Waals surface area (Å²) in [4.78, 5) is 0. The lowest BCUT2D eigenvalue weighted by molar-refractivity contribution is 0.356. The molecule has 0 spiro atoms. The molecule has 0 saturated carbocycles. The summed E-state index contributed by atoms with van der Waals surface area (Å²) in [7, 11) is 0. The van der Waals surface area contributed by atoms with Gasteiger partial charge in [0.25, 0.3) is 0 Å². The van der Waals surface area contributed by atoms with E-state index in [1.165, 1.54) is 69.2 Å². The number of H-pyrrole nitrogens is 1. The second-order valence-corrected chi connectivity index (χ2v) is 6.26. The zero-order valence-corrected chi connectivity index (χ0v) is 13.4. The van der Waals surface area contributed by atoms with Crippen molar-refractivity contribution in [3.8, 4) is 0 Å². The molecule has 0 aliphatic carbocycles. The molecule has 1 rings (SSSR count). The smallest absolute Gasteiger partial charge is 0.0683 e. The summed E-state index contributed by atoms with van der Waals surface area (Å²) in [6.07, 6.45) is 11.9. The highest BCUT2D eigenvalue weighted by molar-refractivity contribution is 5.17. The highest BCUT2D eigenvalue weighted by Gasteiger charge is 2.28. The first-order valence-corrected chi connectivity index (χ1v) is 8.15. The lowest BCUT2D eigenvalue weighted by atomic mass is 9.77. The van der Waals surface area contributed by atoms with Gasteiger partial charge in [-0.25, -0.2) is 0 Å². The fourth-order valence-electron chi connectivity index (χ4n) is 2.82. The Morgan fingerprint density at radius 3 is 2.11 bits per heavy atom. The highest BCUT2D eigenvalue weighted by Crippen LogP contribution is 2.34. The van der Waals surface area contributed by atoms with Gasteiger partial charge < -0.3 is 0 Å². The Labute approximate surface area is 119 Å². The largest absolute Gasteiger partial charge is 0.283 e. The maximum atomic E-state index is 4.54. The number of nitrogens with zero attached hydrogens (tertiary/aromatic N) is 1. The van der Waals surface area contributed by atoms with Gasteiger partial charge in [0.2, 0.25) is 0 Å². The molecule has 110 valence electrons. The molecule has 2 heteroatoms. The third-order valence-electron chi connectivity index (χ3n) is 4.24. The molecule has 1 atom stereocenters. The van der Waals surface area contributed by atoms with Crippen molar-refractivity contribution in [1.29, 1.82) is 0 Å². The third kappa shape index (κ3) is 5.38. The minimum atomic E-state index is 0.271. The molecule has 0 aliphatic rings. The fraction of sp³-hybridized carbons (Fsp3) is 0.824. The van der Waals surface area contributed by atoms with E-state index in [1.807, 2.05) is 0 Å². The molecule has 0 amide bonds. The average Bonchev–Trinajstić information content (AvgIpc) is 2.82. The number of unbranched alkanes of at least 4 members (excludes halogenated alkanes) is 5. The molecule has 19 heavy (non-hydrogen) atoms. The molecular weight excluding hydrogens is 232 g/mol. The average molecular weight is 264 g/mol. The lowest BCUT2D eigenvalue weighted by Crippen LogP contribution is -2.22. The van der Waals surface area contributed by atoms with Crippen molar-refractivity contribution in [2.24, 2.45) is 0 Å². The first-order valence-electron chi connectivity index (χ1n) is 8.15. The fourth-order valence-corrected chi connectivity index (χ4v) is 2.82. The summed E-state index contributed by atoms with van der Waals surface area (Å²) in [6, 6.07) is 2.24. The van der Waals surface area contributed by atoms with E-state index in [0.29, 0.717) is 0 Å². The van der Waals surface area contributed by atoms with E-state index in [-0.39, 0.29) is 5.41 Å². The van der Waals surface area contributed by atoms with Gasteiger partial charge in [0.15, 0.2) is 0 Å². The number of aromatic amines is 1. The van der Waals surface area contributed by atoms with E-state index < -0.39 is 0 Å². The number of nitrogens with one attached hydrogen (secondary N) is 1. The Morgan fingerprint density at radius 2 is 1.58 bits per heavy atom. The second kappa shape index (κ2) is 8.39. The van der Waals surface area contributed by atoms with Gasteiger partial charge in [-0.15, -0.1) is 0 Å². The summed E-state index contributed by atoms with van der Waals surface area (Å²) in [6.45, 7) is 9.05. The maximum absolute atomic E-state index is 4.54. The van der Waals surface area contributed by atoms with Crippen LogP contribution in [0.5, 0.6) is 0 Å². The first kappa shape index (κ1) is 16.3. The number of hydrogen-bond donors (Lipinski definition) is 1. The predicted molar refractivity (Wildman–Crippen MR) is 83.6 cm³/mol. The van der Waals surface area contributed by atoms with Gasteiger partial charge in [0.1, 0.15) is 0 Å². The molecular formula is C17H32N2.